The number of carbonyl (C=O) groups excluding carboxylic acids is 10. The van der Waals surface area contributed by atoms with E-state index >= 15 is 19.2 Å². The first kappa shape index (κ1) is 90.7. The summed E-state index contributed by atoms with van der Waals surface area (Å²) in [6.45, 7) is 15.7. The van der Waals surface area contributed by atoms with Crippen LogP contribution in [0.15, 0.2) is 126 Å². The van der Waals surface area contributed by atoms with Crippen molar-refractivity contribution in [3.05, 3.63) is 143 Å². The number of aliphatic hydroxyl groups is 1. The Morgan fingerprint density at radius 2 is 1.15 bits per heavy atom. The number of hydrogen-bond acceptors (Lipinski definition) is 16. The number of guanidine groups is 1. The van der Waals surface area contributed by atoms with Crippen molar-refractivity contribution in [1.82, 2.24) is 57.7 Å². The molecule has 2 heterocycles. The summed E-state index contributed by atoms with van der Waals surface area (Å²) in [5, 5.41) is 59.4. The number of aromatic hydroxyl groups is 1. The van der Waals surface area contributed by atoms with Gasteiger partial charge in [-0.25, -0.2) is 0 Å². The number of phenolic OH excluding ortho intramolecular Hbond substituents is 1. The monoisotopic (exact) mass is 1570 g/mol. The van der Waals surface area contributed by atoms with Crippen molar-refractivity contribution in [2.24, 2.45) is 27.7 Å². The molecule has 27 nitrogen and oxygen atoms in total. The van der Waals surface area contributed by atoms with Gasteiger partial charge in [0.2, 0.25) is 47.3 Å². The van der Waals surface area contributed by atoms with Gasteiger partial charge in [0.25, 0.3) is 0 Å². The number of aliphatic imine (C=N–C) groups is 2. The van der Waals surface area contributed by atoms with Gasteiger partial charge in [-0.2, -0.15) is 0 Å². The number of pyridine rings is 1. The number of Topliss-reactive ketones (excluding diaryl/α,β-unsaturated/α-hetero) is 2. The summed E-state index contributed by atoms with van der Waals surface area (Å²) < 4.78 is 0. The normalized spacial score (nSPS) is 15.4. The molecular formula is C84H116ClN13O14. The molecule has 0 radical (unpaired) electrons. The van der Waals surface area contributed by atoms with Crippen LogP contribution in [0.1, 0.15) is 174 Å². The summed E-state index contributed by atoms with van der Waals surface area (Å²) in [7, 11) is 0. The number of nitrogens with one attached hydrogen (secondary N) is 9. The first-order valence-corrected chi connectivity index (χ1v) is 39.8. The smallest absolute Gasteiger partial charge is 0.325 e. The van der Waals surface area contributed by atoms with Crippen LogP contribution in [0.4, 0.5) is 0 Å². The molecule has 0 spiro atoms. The number of aliphatic carboxylic acids is 1. The molecule has 5 aromatic rings. The van der Waals surface area contributed by atoms with Gasteiger partial charge in [-0.15, -0.1) is 0 Å². The SMILES string of the molecule is CCC/C(CCCCC[C@@H](NC(=O)[C@H](Cc1ccc(O)cc1)NC(=O)[C@H](CO)CC(=O)[C@@H](Cc1cccnc1)NC(=O)[C@H](CC(=O)[C@@H](Cc1ccc2ccccc2c1)NC(C)=O)Cc1ccc(Cl)cc1)C(=O)N[C@@H](CC(C)C)C(=O)N[C@@H](CCCCN/C(=N\CC)NCC)C(=O)N1CCC[C@H]1C(=O)N[C@H](C)C(=O)O)=N\CC. The molecule has 1 aromatic heterocycles. The Kier molecular flexibility index (Phi) is 38.8. The van der Waals surface area contributed by atoms with E-state index in [1.54, 1.807) is 36.4 Å². The highest BCUT2D eigenvalue weighted by Gasteiger charge is 2.41. The number of carboxylic acid groups (broad SMARTS) is 1. The number of ketones is 2. The highest BCUT2D eigenvalue weighted by molar-refractivity contribution is 6.30. The number of likely N-dealkylation sites (tertiary alicyclic amines) is 1. The van der Waals surface area contributed by atoms with Crippen molar-refractivity contribution < 1.29 is 68.1 Å². The maximum absolute atomic E-state index is 15.2. The van der Waals surface area contributed by atoms with E-state index in [0.717, 1.165) is 34.9 Å². The summed E-state index contributed by atoms with van der Waals surface area (Å²) in [4.78, 5) is 173. The number of carbonyl (C=O) groups is 11. The molecule has 6 rings (SSSR count). The van der Waals surface area contributed by atoms with E-state index in [9.17, 15) is 48.9 Å². The molecule has 608 valence electrons. The second-order valence-electron chi connectivity index (χ2n) is 29.2. The van der Waals surface area contributed by atoms with Gasteiger partial charge in [-0.3, -0.25) is 67.7 Å². The molecule has 8 amide bonds. The predicted octanol–water partition coefficient (Wildman–Crippen LogP) is 7.52. The summed E-state index contributed by atoms with van der Waals surface area (Å²) in [5.41, 5.74) is 3.43. The predicted molar refractivity (Wildman–Crippen MR) is 432 cm³/mol. The number of hydrogen-bond donors (Lipinski definition) is 12. The molecule has 0 saturated carbocycles. The zero-order chi connectivity index (χ0) is 81.7. The lowest BCUT2D eigenvalue weighted by atomic mass is 9.88. The van der Waals surface area contributed by atoms with E-state index < -0.39 is 138 Å². The second-order valence-corrected chi connectivity index (χ2v) is 29.6. The summed E-state index contributed by atoms with van der Waals surface area (Å²) in [6.07, 6.45) is 7.69. The Balaban J connectivity index is 1.29. The lowest BCUT2D eigenvalue weighted by Crippen LogP contribution is -2.59. The molecule has 0 unspecified atom stereocenters. The first-order chi connectivity index (χ1) is 53.7. The van der Waals surface area contributed by atoms with Crippen LogP contribution in [0.25, 0.3) is 10.8 Å². The Morgan fingerprint density at radius 3 is 1.80 bits per heavy atom. The molecule has 4 aromatic carbocycles. The molecular weight excluding hydrogens is 1450 g/mol. The Hall–Kier alpha value is -10.1. The number of aromatic nitrogens is 1. The van der Waals surface area contributed by atoms with Gasteiger partial charge in [-0.1, -0.05) is 124 Å². The third-order valence-corrected chi connectivity index (χ3v) is 19.8. The quantitative estimate of drug-likeness (QED) is 0.0102. The van der Waals surface area contributed by atoms with Gasteiger partial charge in [0.15, 0.2) is 17.5 Å². The highest BCUT2D eigenvalue weighted by Crippen LogP contribution is 2.25. The summed E-state index contributed by atoms with van der Waals surface area (Å²) >= 11 is 6.29. The molecule has 1 aliphatic heterocycles. The first-order valence-electron chi connectivity index (χ1n) is 39.4. The second kappa shape index (κ2) is 47.9. The van der Waals surface area contributed by atoms with Crippen LogP contribution in [0.2, 0.25) is 5.02 Å². The van der Waals surface area contributed by atoms with E-state index in [0.29, 0.717) is 98.8 Å². The van der Waals surface area contributed by atoms with Crippen LogP contribution in [-0.4, -0.2) is 189 Å². The fourth-order valence-corrected chi connectivity index (χ4v) is 13.8. The zero-order valence-electron chi connectivity index (χ0n) is 66.0. The number of aliphatic hydroxyl groups excluding tert-OH is 1. The van der Waals surface area contributed by atoms with Crippen molar-refractivity contribution in [3.63, 3.8) is 0 Å². The minimum absolute atomic E-state index is 0.00112. The lowest BCUT2D eigenvalue weighted by molar-refractivity contribution is -0.144. The largest absolute Gasteiger partial charge is 0.508 e. The number of carboxylic acids is 1. The van der Waals surface area contributed by atoms with Crippen molar-refractivity contribution in [2.45, 2.75) is 226 Å². The van der Waals surface area contributed by atoms with Gasteiger partial charge in [0, 0.05) is 94.4 Å². The molecule has 112 heavy (non-hydrogen) atoms. The molecule has 1 saturated heterocycles. The average molecular weight is 1570 g/mol. The Labute approximate surface area is 662 Å². The minimum atomic E-state index is -1.54. The number of unbranched alkanes of at least 4 members (excludes halogenated alkanes) is 3. The summed E-state index contributed by atoms with van der Waals surface area (Å²) in [6, 6.07) is 19.3. The Morgan fingerprint density at radius 1 is 0.571 bits per heavy atom. The van der Waals surface area contributed by atoms with Gasteiger partial charge in [-0.05, 0) is 174 Å². The van der Waals surface area contributed by atoms with Crippen LogP contribution in [-0.2, 0) is 78.4 Å². The summed E-state index contributed by atoms with van der Waals surface area (Å²) in [5.74, 6) is -10.5. The van der Waals surface area contributed by atoms with Gasteiger partial charge in [0.1, 0.15) is 42.0 Å². The number of fused-ring (bicyclic) bond motifs is 1. The van der Waals surface area contributed by atoms with Crippen LogP contribution in [0.3, 0.4) is 0 Å². The fraction of sp³-hybridized carbons (Fsp3) is 0.524. The molecule has 28 heteroatoms. The van der Waals surface area contributed by atoms with Crippen molar-refractivity contribution in [2.75, 3.05) is 39.3 Å². The van der Waals surface area contributed by atoms with Gasteiger partial charge in [0.05, 0.1) is 24.6 Å². The molecule has 1 fully saturated rings. The van der Waals surface area contributed by atoms with Crippen molar-refractivity contribution >= 4 is 98.8 Å². The highest BCUT2D eigenvalue weighted by atomic mass is 35.5. The van der Waals surface area contributed by atoms with Crippen LogP contribution >= 0.6 is 11.6 Å². The third-order valence-electron chi connectivity index (χ3n) is 19.6. The molecule has 0 aliphatic carbocycles. The van der Waals surface area contributed by atoms with Crippen molar-refractivity contribution in [3.8, 4) is 5.75 Å². The average Bonchev–Trinajstić information content (AvgIpc) is 1.81. The number of phenols is 1. The van der Waals surface area contributed by atoms with Crippen LogP contribution in [0.5, 0.6) is 5.75 Å². The lowest BCUT2D eigenvalue weighted by Gasteiger charge is -2.31. The van der Waals surface area contributed by atoms with E-state index in [4.69, 9.17) is 11.6 Å². The van der Waals surface area contributed by atoms with Gasteiger partial charge >= 0.3 is 5.97 Å². The zero-order valence-corrected chi connectivity index (χ0v) is 66.8. The fourth-order valence-electron chi connectivity index (χ4n) is 13.7. The molecule has 10 atom stereocenters. The standard InChI is InChI=1S/C84H116ClN13O14/c1-9-22-65(87-10-2)26-14-13-15-27-67(78(106)97-71(43-53(5)6)79(107)94-68(28-18-19-41-90-84(88-11-3)89-12-4)82(110)98-42-21-29-73(98)81(109)91-54(7)83(111)112)93-80(108)72(46-57-33-38-66(101)39-34-57)96-77(105)63(52-99)50-75(103)70(48-59-23-20-40-86-51-59)95-76(104)62(44-56-31-36-64(85)37-32-56)49-74(102)69(92-55(8)100)47-58-30-35-60-24-16-17-25-61(60)45-58/h16-17,20,23-25,30-40,45,51,53-54,62-63,67-73,99,101H,9-15,18-19,21-22,26-29,41-44,46-50,52H2,1-8H3,(H,91,109)(H,92,100)(H,93,108)(H,94,107)(H,95,104)(H,96,105)(H,97,106)(H,111,112)(H2,88,89,90)/b87-65+/t54-,62+,63+,67-,68+,69-,70-,71+,72+,73+/m1/s1. The maximum atomic E-state index is 15.2. The Bertz CT molecular complexity index is 3970. The number of amides is 8. The van der Waals surface area contributed by atoms with Gasteiger partial charge < -0.3 is 68.1 Å². The number of halogens is 1. The third kappa shape index (κ3) is 30.8. The van der Waals surface area contributed by atoms with Crippen LogP contribution < -0.4 is 47.9 Å². The molecule has 1 aliphatic rings. The number of benzene rings is 4. The van der Waals surface area contributed by atoms with E-state index in [-0.39, 0.29) is 76.0 Å². The minimum Gasteiger partial charge on any atom is -0.508 e. The molecule has 12 N–H and O–H groups in total. The number of rotatable bonds is 48. The topological polar surface area (TPSA) is 398 Å². The number of nitrogens with zero attached hydrogens (tertiary/aromatic N) is 4. The van der Waals surface area contributed by atoms with E-state index in [1.807, 2.05) is 77.1 Å². The maximum Gasteiger partial charge on any atom is 0.325 e. The van der Waals surface area contributed by atoms with E-state index in [2.05, 4.69) is 69.7 Å². The van der Waals surface area contributed by atoms with Crippen LogP contribution in [0, 0.1) is 17.8 Å². The van der Waals surface area contributed by atoms with Crippen molar-refractivity contribution in [1.29, 1.82) is 0 Å². The van der Waals surface area contributed by atoms with E-state index in [1.165, 1.54) is 55.4 Å². The molecule has 0 bridgehead atoms.